The van der Waals surface area contributed by atoms with Gasteiger partial charge in [0.05, 0.1) is 25.8 Å². The summed E-state index contributed by atoms with van der Waals surface area (Å²) in [5.41, 5.74) is 0.730. The molecule has 8 heteroatoms. The molecule has 0 saturated carbocycles. The van der Waals surface area contributed by atoms with Gasteiger partial charge >= 0.3 is 5.97 Å². The first-order chi connectivity index (χ1) is 15.8. The number of ketones is 1. The Balaban J connectivity index is 2.20. The summed E-state index contributed by atoms with van der Waals surface area (Å²) in [6.45, 7) is 3.63. The Morgan fingerprint density at radius 3 is 2.15 bits per heavy atom. The predicted octanol–water partition coefficient (Wildman–Crippen LogP) is 3.85. The van der Waals surface area contributed by atoms with Gasteiger partial charge in [0.1, 0.15) is 28.6 Å². The Bertz CT molecular complexity index is 1070. The van der Waals surface area contributed by atoms with Gasteiger partial charge in [0.2, 0.25) is 0 Å². The van der Waals surface area contributed by atoms with Crippen LogP contribution in [-0.4, -0.2) is 48.4 Å². The molecule has 8 nitrogen and oxygen atoms in total. The molecule has 2 aromatic rings. The van der Waals surface area contributed by atoms with Crippen molar-refractivity contribution in [1.82, 2.24) is 4.90 Å². The van der Waals surface area contributed by atoms with E-state index in [1.165, 1.54) is 26.0 Å². The van der Waals surface area contributed by atoms with Crippen molar-refractivity contribution in [2.75, 3.05) is 20.8 Å². The highest BCUT2D eigenvalue weighted by Crippen LogP contribution is 2.43. The number of nitrogens with zero attached hydrogens (tertiary/aromatic N) is 1. The molecule has 1 aliphatic rings. The molecule has 0 spiro atoms. The number of aliphatic hydroxyl groups excluding tert-OH is 1. The van der Waals surface area contributed by atoms with Crippen LogP contribution in [0.25, 0.3) is 5.76 Å². The summed E-state index contributed by atoms with van der Waals surface area (Å²) in [7, 11) is 2.88. The SMILES string of the molecule is CCCCN1C(=O)C(=O)/C(=C(/O)c2c(OC)cccc2OC)C1c1ccc(OC(C)=O)cc1. The number of hydrogen-bond donors (Lipinski definition) is 1. The Hall–Kier alpha value is -3.81. The number of carbonyl (C=O) groups is 3. The molecule has 1 fully saturated rings. The van der Waals surface area contributed by atoms with E-state index >= 15 is 0 Å². The molecule has 0 radical (unpaired) electrons. The number of unbranched alkanes of at least 4 members (excludes halogenated alkanes) is 1. The fourth-order valence-electron chi connectivity index (χ4n) is 3.89. The molecule has 1 saturated heterocycles. The summed E-state index contributed by atoms with van der Waals surface area (Å²) in [4.78, 5) is 38.8. The van der Waals surface area contributed by atoms with Gasteiger partial charge in [0.25, 0.3) is 11.7 Å². The quantitative estimate of drug-likeness (QED) is 0.213. The maximum atomic E-state index is 13.1. The smallest absolute Gasteiger partial charge is 0.308 e. The van der Waals surface area contributed by atoms with Gasteiger partial charge in [0.15, 0.2) is 0 Å². The summed E-state index contributed by atoms with van der Waals surface area (Å²) in [5, 5.41) is 11.3. The zero-order chi connectivity index (χ0) is 24.1. The fourth-order valence-corrected chi connectivity index (χ4v) is 3.89. The lowest BCUT2D eigenvalue weighted by atomic mass is 9.94. The molecule has 2 aromatic carbocycles. The number of rotatable bonds is 8. The van der Waals surface area contributed by atoms with Crippen molar-refractivity contribution in [1.29, 1.82) is 0 Å². The molecule has 1 aliphatic heterocycles. The van der Waals surface area contributed by atoms with Gasteiger partial charge in [-0.05, 0) is 36.2 Å². The summed E-state index contributed by atoms with van der Waals surface area (Å²) >= 11 is 0. The maximum Gasteiger partial charge on any atom is 0.308 e. The number of aliphatic hydroxyl groups is 1. The molecule has 1 N–H and O–H groups in total. The normalized spacial score (nSPS) is 17.2. The number of Topliss-reactive ketones (excluding diaryl/α,β-unsaturated/α-hetero) is 1. The molecule has 0 aromatic heterocycles. The second-order valence-electron chi connectivity index (χ2n) is 7.55. The Kier molecular flexibility index (Phi) is 7.37. The molecule has 1 heterocycles. The van der Waals surface area contributed by atoms with Crippen LogP contribution < -0.4 is 14.2 Å². The second-order valence-corrected chi connectivity index (χ2v) is 7.55. The van der Waals surface area contributed by atoms with Crippen LogP contribution in [0.2, 0.25) is 0 Å². The molecule has 0 aliphatic carbocycles. The molecule has 1 unspecified atom stereocenters. The zero-order valence-corrected chi connectivity index (χ0v) is 19.1. The van der Waals surface area contributed by atoms with Gasteiger partial charge in [-0.25, -0.2) is 0 Å². The minimum Gasteiger partial charge on any atom is -0.506 e. The van der Waals surface area contributed by atoms with E-state index in [0.717, 1.165) is 6.42 Å². The van der Waals surface area contributed by atoms with Gasteiger partial charge in [-0.2, -0.15) is 0 Å². The van der Waals surface area contributed by atoms with E-state index < -0.39 is 23.7 Å². The van der Waals surface area contributed by atoms with Gasteiger partial charge in [-0.3, -0.25) is 14.4 Å². The molecule has 33 heavy (non-hydrogen) atoms. The Morgan fingerprint density at radius 1 is 1.03 bits per heavy atom. The van der Waals surface area contributed by atoms with E-state index in [0.29, 0.717) is 35.8 Å². The van der Waals surface area contributed by atoms with Crippen LogP contribution in [0, 0.1) is 0 Å². The second kappa shape index (κ2) is 10.2. The van der Waals surface area contributed by atoms with Crippen LogP contribution in [0.4, 0.5) is 0 Å². The summed E-state index contributed by atoms with van der Waals surface area (Å²) < 4.78 is 15.9. The average molecular weight is 453 g/mol. The van der Waals surface area contributed by atoms with Crippen LogP contribution >= 0.6 is 0 Å². The molecule has 3 rings (SSSR count). The summed E-state index contributed by atoms with van der Waals surface area (Å²) in [6.07, 6.45) is 1.51. The largest absolute Gasteiger partial charge is 0.506 e. The fraction of sp³-hybridized carbons (Fsp3) is 0.320. The van der Waals surface area contributed by atoms with Crippen molar-refractivity contribution in [2.24, 2.45) is 0 Å². The van der Waals surface area contributed by atoms with Crippen molar-refractivity contribution in [2.45, 2.75) is 32.7 Å². The van der Waals surface area contributed by atoms with E-state index in [1.54, 1.807) is 42.5 Å². The maximum absolute atomic E-state index is 13.1. The minimum absolute atomic E-state index is 0.0564. The molecule has 1 amide bonds. The van der Waals surface area contributed by atoms with Crippen molar-refractivity contribution in [3.63, 3.8) is 0 Å². The van der Waals surface area contributed by atoms with E-state index in [9.17, 15) is 19.5 Å². The van der Waals surface area contributed by atoms with Crippen molar-refractivity contribution < 1.29 is 33.7 Å². The highest BCUT2D eigenvalue weighted by Gasteiger charge is 2.46. The van der Waals surface area contributed by atoms with Crippen LogP contribution in [0.3, 0.4) is 0 Å². The Morgan fingerprint density at radius 2 is 1.64 bits per heavy atom. The van der Waals surface area contributed by atoms with Gasteiger partial charge in [-0.1, -0.05) is 31.5 Å². The van der Waals surface area contributed by atoms with Crippen LogP contribution in [-0.2, 0) is 14.4 Å². The molecular formula is C25H27NO7. The number of carbonyl (C=O) groups excluding carboxylic acids is 3. The van der Waals surface area contributed by atoms with Crippen LogP contribution in [0.1, 0.15) is 43.9 Å². The standard InChI is InChI=1S/C25H27NO7/c1-5-6-14-26-22(16-10-12-17(13-11-16)33-15(2)27)21(24(29)25(26)30)23(28)20-18(31-3)8-7-9-19(20)32-4/h7-13,22,28H,5-6,14H2,1-4H3/b23-21+. The van der Waals surface area contributed by atoms with Crippen molar-refractivity contribution in [3.8, 4) is 17.2 Å². The van der Waals surface area contributed by atoms with Gasteiger partial charge in [-0.15, -0.1) is 0 Å². The van der Waals surface area contributed by atoms with Crippen molar-refractivity contribution >= 4 is 23.4 Å². The minimum atomic E-state index is -0.822. The average Bonchev–Trinajstić information content (AvgIpc) is 3.06. The highest BCUT2D eigenvalue weighted by molar-refractivity contribution is 6.46. The van der Waals surface area contributed by atoms with E-state index in [4.69, 9.17) is 14.2 Å². The van der Waals surface area contributed by atoms with Crippen LogP contribution in [0.15, 0.2) is 48.0 Å². The Labute approximate surface area is 192 Å². The third kappa shape index (κ3) is 4.69. The van der Waals surface area contributed by atoms with E-state index in [-0.39, 0.29) is 16.9 Å². The first-order valence-corrected chi connectivity index (χ1v) is 10.6. The molecule has 1 atom stereocenters. The van der Waals surface area contributed by atoms with E-state index in [1.807, 2.05) is 6.92 Å². The first-order valence-electron chi connectivity index (χ1n) is 10.6. The number of hydrogen-bond acceptors (Lipinski definition) is 7. The van der Waals surface area contributed by atoms with Crippen molar-refractivity contribution in [3.05, 3.63) is 59.2 Å². The van der Waals surface area contributed by atoms with E-state index in [2.05, 4.69) is 0 Å². The number of amides is 1. The first kappa shape index (κ1) is 23.8. The third-order valence-electron chi connectivity index (χ3n) is 5.41. The number of esters is 1. The van der Waals surface area contributed by atoms with Crippen LogP contribution in [0.5, 0.6) is 17.2 Å². The van der Waals surface area contributed by atoms with Gasteiger partial charge in [0, 0.05) is 13.5 Å². The monoisotopic (exact) mass is 453 g/mol. The predicted molar refractivity (Wildman–Crippen MR) is 121 cm³/mol. The summed E-state index contributed by atoms with van der Waals surface area (Å²) in [5.74, 6) is -1.37. The third-order valence-corrected chi connectivity index (χ3v) is 5.41. The zero-order valence-electron chi connectivity index (χ0n) is 19.1. The number of likely N-dealkylation sites (tertiary alicyclic amines) is 1. The lowest BCUT2D eigenvalue weighted by molar-refractivity contribution is -0.139. The lowest BCUT2D eigenvalue weighted by Crippen LogP contribution is -2.30. The highest BCUT2D eigenvalue weighted by atomic mass is 16.5. The lowest BCUT2D eigenvalue weighted by Gasteiger charge is -2.25. The topological polar surface area (TPSA) is 102 Å². The number of methoxy groups -OCH3 is 2. The number of benzene rings is 2. The molecular weight excluding hydrogens is 426 g/mol. The number of ether oxygens (including phenoxy) is 3. The molecule has 174 valence electrons. The van der Waals surface area contributed by atoms with Gasteiger partial charge < -0.3 is 24.2 Å². The summed E-state index contributed by atoms with van der Waals surface area (Å²) in [6, 6.07) is 10.6. The molecule has 0 bridgehead atoms.